The minimum absolute atomic E-state index is 0.0308. The monoisotopic (exact) mass is 207 g/mol. The lowest BCUT2D eigenvalue weighted by Crippen LogP contribution is -2.14. The zero-order valence-corrected chi connectivity index (χ0v) is 9.37. The average Bonchev–Trinajstić information content (AvgIpc) is 2.16. The number of ether oxygens (including phenoxy) is 1. The van der Waals surface area contributed by atoms with Gasteiger partial charge in [0, 0.05) is 6.54 Å². The highest BCUT2D eigenvalue weighted by molar-refractivity contribution is 5.97. The van der Waals surface area contributed by atoms with Gasteiger partial charge in [-0.15, -0.1) is 0 Å². The van der Waals surface area contributed by atoms with Crippen LogP contribution in [0.3, 0.4) is 0 Å². The summed E-state index contributed by atoms with van der Waals surface area (Å²) in [6, 6.07) is 5.69. The highest BCUT2D eigenvalue weighted by Crippen LogP contribution is 2.20. The Hall–Kier alpha value is -1.55. The van der Waals surface area contributed by atoms with Gasteiger partial charge in [-0.3, -0.25) is 5.41 Å². The number of amidine groups is 1. The van der Waals surface area contributed by atoms with Crippen LogP contribution >= 0.6 is 0 Å². The van der Waals surface area contributed by atoms with Crippen molar-refractivity contribution in [2.45, 2.75) is 6.54 Å². The molecule has 0 amide bonds. The molecule has 0 aromatic heterocycles. The van der Waals surface area contributed by atoms with E-state index in [1.807, 2.05) is 32.3 Å². The van der Waals surface area contributed by atoms with Crippen LogP contribution in [0.15, 0.2) is 18.2 Å². The molecule has 0 aliphatic carbocycles. The minimum atomic E-state index is 0.0308. The number of rotatable bonds is 4. The predicted molar refractivity (Wildman–Crippen MR) is 61.4 cm³/mol. The van der Waals surface area contributed by atoms with E-state index in [1.54, 1.807) is 7.11 Å². The first-order valence-corrected chi connectivity index (χ1v) is 4.70. The summed E-state index contributed by atoms with van der Waals surface area (Å²) in [5.74, 6) is 0.685. The number of hydrogen-bond donors (Lipinski definition) is 2. The summed E-state index contributed by atoms with van der Waals surface area (Å²) in [5, 5.41) is 7.38. The van der Waals surface area contributed by atoms with Crippen LogP contribution in [-0.4, -0.2) is 31.9 Å². The smallest absolute Gasteiger partial charge is 0.130 e. The Kier molecular flexibility index (Phi) is 3.68. The molecule has 4 heteroatoms. The lowest BCUT2D eigenvalue weighted by atomic mass is 10.1. The molecule has 0 heterocycles. The Bertz CT molecular complexity index is 361. The van der Waals surface area contributed by atoms with Gasteiger partial charge in [0.2, 0.25) is 0 Å². The molecule has 4 nitrogen and oxygen atoms in total. The van der Waals surface area contributed by atoms with E-state index >= 15 is 0 Å². The molecule has 0 bridgehead atoms. The lowest BCUT2D eigenvalue weighted by molar-refractivity contribution is 0.395. The van der Waals surface area contributed by atoms with Crippen LogP contribution in [0.5, 0.6) is 5.75 Å². The fourth-order valence-electron chi connectivity index (χ4n) is 1.42. The first kappa shape index (κ1) is 11.5. The molecule has 15 heavy (non-hydrogen) atoms. The Morgan fingerprint density at radius 2 is 2.13 bits per heavy atom. The zero-order chi connectivity index (χ0) is 11.4. The third-order valence-corrected chi connectivity index (χ3v) is 2.05. The molecule has 1 aromatic carbocycles. The third-order valence-electron chi connectivity index (χ3n) is 2.05. The quantitative estimate of drug-likeness (QED) is 0.573. The van der Waals surface area contributed by atoms with Gasteiger partial charge in [-0.1, -0.05) is 6.07 Å². The molecule has 0 unspecified atom stereocenters. The van der Waals surface area contributed by atoms with E-state index in [0.717, 1.165) is 12.1 Å². The van der Waals surface area contributed by atoms with Gasteiger partial charge in [0.05, 0.1) is 12.7 Å². The van der Waals surface area contributed by atoms with Crippen molar-refractivity contribution < 1.29 is 4.74 Å². The molecule has 0 radical (unpaired) electrons. The van der Waals surface area contributed by atoms with Crippen LogP contribution in [0.4, 0.5) is 0 Å². The summed E-state index contributed by atoms with van der Waals surface area (Å²) in [4.78, 5) is 2.07. The van der Waals surface area contributed by atoms with Crippen LogP contribution < -0.4 is 10.5 Å². The maximum atomic E-state index is 7.38. The molecule has 0 saturated heterocycles. The second kappa shape index (κ2) is 4.79. The van der Waals surface area contributed by atoms with Gasteiger partial charge in [0.25, 0.3) is 0 Å². The highest BCUT2D eigenvalue weighted by Gasteiger charge is 2.07. The molecule has 0 atom stereocenters. The van der Waals surface area contributed by atoms with Crippen LogP contribution in [0.1, 0.15) is 11.1 Å². The van der Waals surface area contributed by atoms with Crippen molar-refractivity contribution in [2.24, 2.45) is 5.73 Å². The van der Waals surface area contributed by atoms with Crippen LogP contribution in [-0.2, 0) is 6.54 Å². The fraction of sp³-hybridized carbons (Fsp3) is 0.364. The molecule has 82 valence electrons. The molecule has 0 fully saturated rings. The van der Waals surface area contributed by atoms with Crippen molar-refractivity contribution in [1.82, 2.24) is 4.90 Å². The molecular weight excluding hydrogens is 190 g/mol. The molecular formula is C11H17N3O. The van der Waals surface area contributed by atoms with E-state index in [4.69, 9.17) is 15.9 Å². The Labute approximate surface area is 90.2 Å². The topological polar surface area (TPSA) is 62.3 Å². The van der Waals surface area contributed by atoms with Crippen molar-refractivity contribution in [3.05, 3.63) is 29.3 Å². The van der Waals surface area contributed by atoms with Gasteiger partial charge in [0.1, 0.15) is 11.6 Å². The number of methoxy groups -OCH3 is 1. The fourth-order valence-corrected chi connectivity index (χ4v) is 1.42. The van der Waals surface area contributed by atoms with Crippen molar-refractivity contribution >= 4 is 5.84 Å². The maximum absolute atomic E-state index is 7.38. The largest absolute Gasteiger partial charge is 0.496 e. The second-order valence-electron chi connectivity index (χ2n) is 3.69. The summed E-state index contributed by atoms with van der Waals surface area (Å²) < 4.78 is 5.19. The Morgan fingerprint density at radius 1 is 1.47 bits per heavy atom. The van der Waals surface area contributed by atoms with Crippen molar-refractivity contribution in [3.63, 3.8) is 0 Å². The molecule has 1 rings (SSSR count). The van der Waals surface area contributed by atoms with Gasteiger partial charge < -0.3 is 15.4 Å². The van der Waals surface area contributed by atoms with E-state index in [0.29, 0.717) is 11.3 Å². The van der Waals surface area contributed by atoms with Gasteiger partial charge in [-0.2, -0.15) is 0 Å². The summed E-state index contributed by atoms with van der Waals surface area (Å²) in [5.41, 5.74) is 7.21. The first-order chi connectivity index (χ1) is 7.04. The number of benzene rings is 1. The summed E-state index contributed by atoms with van der Waals surface area (Å²) in [6.45, 7) is 0.842. The molecule has 0 aliphatic heterocycles. The number of nitrogens with two attached hydrogens (primary N) is 1. The molecule has 0 spiro atoms. The lowest BCUT2D eigenvalue weighted by Gasteiger charge is -2.12. The summed E-state index contributed by atoms with van der Waals surface area (Å²) in [7, 11) is 5.60. The van der Waals surface area contributed by atoms with Crippen LogP contribution in [0, 0.1) is 5.41 Å². The first-order valence-electron chi connectivity index (χ1n) is 4.70. The second-order valence-corrected chi connectivity index (χ2v) is 3.69. The van der Waals surface area contributed by atoms with Gasteiger partial charge in [-0.25, -0.2) is 0 Å². The SMILES string of the molecule is COc1cc(CN(C)C)ccc1C(=N)N. The summed E-state index contributed by atoms with van der Waals surface area (Å²) in [6.07, 6.45) is 0. The van der Waals surface area contributed by atoms with Crippen LogP contribution in [0.25, 0.3) is 0 Å². The Balaban J connectivity index is 3.02. The predicted octanol–water partition coefficient (Wildman–Crippen LogP) is 1.04. The van der Waals surface area contributed by atoms with Crippen molar-refractivity contribution in [3.8, 4) is 5.75 Å². The number of nitrogens with one attached hydrogen (secondary N) is 1. The summed E-state index contributed by atoms with van der Waals surface area (Å²) >= 11 is 0. The zero-order valence-electron chi connectivity index (χ0n) is 9.37. The highest BCUT2D eigenvalue weighted by atomic mass is 16.5. The molecule has 3 N–H and O–H groups in total. The minimum Gasteiger partial charge on any atom is -0.496 e. The molecule has 1 aromatic rings. The van der Waals surface area contributed by atoms with Gasteiger partial charge >= 0.3 is 0 Å². The third kappa shape index (κ3) is 2.95. The van der Waals surface area contributed by atoms with Gasteiger partial charge in [-0.05, 0) is 31.8 Å². The normalized spacial score (nSPS) is 10.4. The average molecular weight is 207 g/mol. The van der Waals surface area contributed by atoms with E-state index in [9.17, 15) is 0 Å². The maximum Gasteiger partial charge on any atom is 0.130 e. The standard InChI is InChI=1S/C11H17N3O/c1-14(2)7-8-4-5-9(11(12)13)10(6-8)15-3/h4-6H,7H2,1-3H3,(H3,12,13). The number of nitrogens with zero attached hydrogens (tertiary/aromatic N) is 1. The Morgan fingerprint density at radius 3 is 2.60 bits per heavy atom. The van der Waals surface area contributed by atoms with E-state index in [-0.39, 0.29) is 5.84 Å². The number of nitrogen functional groups attached to an aromatic ring is 1. The van der Waals surface area contributed by atoms with E-state index < -0.39 is 0 Å². The van der Waals surface area contributed by atoms with E-state index in [1.165, 1.54) is 0 Å². The molecule has 0 aliphatic rings. The van der Waals surface area contributed by atoms with Gasteiger partial charge in [0.15, 0.2) is 0 Å². The molecule has 0 saturated carbocycles. The van der Waals surface area contributed by atoms with Crippen molar-refractivity contribution in [1.29, 1.82) is 5.41 Å². The van der Waals surface area contributed by atoms with Crippen molar-refractivity contribution in [2.75, 3.05) is 21.2 Å². The number of hydrogen-bond acceptors (Lipinski definition) is 3. The van der Waals surface area contributed by atoms with Crippen LogP contribution in [0.2, 0.25) is 0 Å². The van der Waals surface area contributed by atoms with E-state index in [2.05, 4.69) is 4.90 Å².